The van der Waals surface area contributed by atoms with Gasteiger partial charge >= 0.3 is 0 Å². The third-order valence-corrected chi connectivity index (χ3v) is 7.06. The predicted molar refractivity (Wildman–Crippen MR) is 71.9 cm³/mol. The lowest BCUT2D eigenvalue weighted by atomic mass is 9.98. The summed E-state index contributed by atoms with van der Waals surface area (Å²) in [6.45, 7) is 0. The van der Waals surface area contributed by atoms with Crippen molar-refractivity contribution in [3.8, 4) is 0 Å². The molecule has 16 heavy (non-hydrogen) atoms. The highest BCUT2D eigenvalue weighted by molar-refractivity contribution is 7.97. The summed E-state index contributed by atoms with van der Waals surface area (Å²) < 4.78 is 0. The molecular weight excluding hydrogens is 212 g/mol. The van der Waals surface area contributed by atoms with Gasteiger partial charge in [-0.1, -0.05) is 24.6 Å². The lowest BCUT2D eigenvalue weighted by Gasteiger charge is -2.18. The summed E-state index contributed by atoms with van der Waals surface area (Å²) in [5.74, 6) is 2.53. The molecule has 1 aliphatic carbocycles. The second kappa shape index (κ2) is 4.83. The van der Waals surface area contributed by atoms with Crippen LogP contribution >= 0.6 is 0 Å². The molecule has 1 aromatic rings. The molecule has 3 unspecified atom stereocenters. The summed E-state index contributed by atoms with van der Waals surface area (Å²) in [4.78, 5) is 1.63. The zero-order valence-electron chi connectivity index (χ0n) is 9.90. The molecule has 1 aromatic carbocycles. The van der Waals surface area contributed by atoms with Gasteiger partial charge < -0.3 is 0 Å². The number of hydrogen-bond donors (Lipinski definition) is 0. The van der Waals surface area contributed by atoms with Crippen LogP contribution in [-0.2, 0) is 10.9 Å². The van der Waals surface area contributed by atoms with Crippen molar-refractivity contribution in [3.05, 3.63) is 30.3 Å². The molecule has 86 valence electrons. The van der Waals surface area contributed by atoms with Gasteiger partial charge in [0, 0.05) is 10.9 Å². The second-order valence-corrected chi connectivity index (χ2v) is 7.64. The Morgan fingerprint density at radius 3 is 2.62 bits per heavy atom. The molecular formula is C15H21S+. The third kappa shape index (κ3) is 2.15. The van der Waals surface area contributed by atoms with Gasteiger partial charge in [-0.05, 0) is 50.2 Å². The Morgan fingerprint density at radius 1 is 0.875 bits per heavy atom. The summed E-state index contributed by atoms with van der Waals surface area (Å²) in [5.41, 5.74) is 0. The molecule has 2 aliphatic rings. The van der Waals surface area contributed by atoms with Gasteiger partial charge in [-0.3, -0.25) is 0 Å². The normalized spacial score (nSPS) is 34.4. The maximum Gasteiger partial charge on any atom is 0.155 e. The molecule has 1 saturated carbocycles. The number of fused-ring (bicyclic) bond motifs is 3. The quantitative estimate of drug-likeness (QED) is 0.643. The van der Waals surface area contributed by atoms with Crippen molar-refractivity contribution in [2.24, 2.45) is 5.92 Å². The van der Waals surface area contributed by atoms with Crippen LogP contribution in [0.3, 0.4) is 0 Å². The van der Waals surface area contributed by atoms with E-state index in [9.17, 15) is 0 Å². The van der Waals surface area contributed by atoms with Gasteiger partial charge in [0.15, 0.2) is 4.90 Å². The van der Waals surface area contributed by atoms with E-state index in [4.69, 9.17) is 0 Å². The van der Waals surface area contributed by atoms with Crippen molar-refractivity contribution in [2.45, 2.75) is 48.7 Å². The lowest BCUT2D eigenvalue weighted by Crippen LogP contribution is -2.24. The Bertz CT molecular complexity index is 333. The van der Waals surface area contributed by atoms with Crippen molar-refractivity contribution >= 4 is 10.9 Å². The molecule has 0 aromatic heterocycles. The zero-order valence-corrected chi connectivity index (χ0v) is 10.7. The fourth-order valence-electron chi connectivity index (χ4n) is 3.28. The summed E-state index contributed by atoms with van der Waals surface area (Å²) in [6, 6.07) is 11.3. The average Bonchev–Trinajstić information content (AvgIpc) is 2.64. The third-order valence-electron chi connectivity index (χ3n) is 4.23. The van der Waals surface area contributed by atoms with Gasteiger partial charge in [0.05, 0.1) is 0 Å². The molecule has 1 heteroatoms. The Kier molecular flexibility index (Phi) is 3.23. The van der Waals surface area contributed by atoms with Crippen LogP contribution in [0.4, 0.5) is 0 Å². The van der Waals surface area contributed by atoms with Gasteiger partial charge in [-0.15, -0.1) is 0 Å². The molecule has 3 atom stereocenters. The van der Waals surface area contributed by atoms with Gasteiger partial charge in [0.25, 0.3) is 0 Å². The first kappa shape index (κ1) is 10.7. The molecule has 2 bridgehead atoms. The summed E-state index contributed by atoms with van der Waals surface area (Å²) in [7, 11) is 0.567. The molecule has 1 heterocycles. The Hall–Kier alpha value is -0.430. The van der Waals surface area contributed by atoms with Gasteiger partial charge in [0.1, 0.15) is 11.0 Å². The first-order valence-corrected chi connectivity index (χ1v) is 8.14. The van der Waals surface area contributed by atoms with E-state index < -0.39 is 0 Å². The molecule has 0 spiro atoms. The van der Waals surface area contributed by atoms with Gasteiger partial charge in [-0.25, -0.2) is 0 Å². The van der Waals surface area contributed by atoms with E-state index in [1.165, 1.54) is 44.3 Å². The minimum atomic E-state index is 0.567. The molecule has 1 aliphatic heterocycles. The molecule has 2 fully saturated rings. The number of benzene rings is 1. The molecule has 1 saturated heterocycles. The van der Waals surface area contributed by atoms with Crippen molar-refractivity contribution in [3.63, 3.8) is 0 Å². The second-order valence-electron chi connectivity index (χ2n) is 5.23. The summed E-state index contributed by atoms with van der Waals surface area (Å²) >= 11 is 0. The predicted octanol–water partition coefficient (Wildman–Crippen LogP) is 4.02. The standard InChI is InChI=1S/C15H21S/c1-2-6-14(7-3-1)16-12-11-13-5-4-8-15(16)10-9-13/h1-3,6-7,13,15H,4-5,8-12H2/q+1. The topological polar surface area (TPSA) is 0 Å². The van der Waals surface area contributed by atoms with E-state index in [0.717, 1.165) is 11.2 Å². The number of rotatable bonds is 1. The van der Waals surface area contributed by atoms with Crippen LogP contribution in [0.1, 0.15) is 38.5 Å². The van der Waals surface area contributed by atoms with E-state index in [0.29, 0.717) is 10.9 Å². The lowest BCUT2D eigenvalue weighted by molar-refractivity contribution is 0.453. The average molecular weight is 233 g/mol. The largest absolute Gasteiger partial charge is 0.155 e. The first-order chi connectivity index (χ1) is 7.93. The highest BCUT2D eigenvalue weighted by Gasteiger charge is 2.38. The van der Waals surface area contributed by atoms with Crippen LogP contribution < -0.4 is 0 Å². The van der Waals surface area contributed by atoms with E-state index in [1.807, 2.05) is 0 Å². The molecule has 3 rings (SSSR count). The van der Waals surface area contributed by atoms with E-state index in [2.05, 4.69) is 30.3 Å². The van der Waals surface area contributed by atoms with Gasteiger partial charge in [-0.2, -0.15) is 0 Å². The zero-order chi connectivity index (χ0) is 10.8. The summed E-state index contributed by atoms with van der Waals surface area (Å²) in [6.07, 6.45) is 9.01. The van der Waals surface area contributed by atoms with Crippen LogP contribution in [0, 0.1) is 5.92 Å². The fourth-order valence-corrected chi connectivity index (χ4v) is 6.20. The van der Waals surface area contributed by atoms with Crippen LogP contribution in [0.5, 0.6) is 0 Å². The highest BCUT2D eigenvalue weighted by atomic mass is 32.2. The molecule has 0 N–H and O–H groups in total. The van der Waals surface area contributed by atoms with Gasteiger partial charge in [0.2, 0.25) is 0 Å². The molecule has 0 radical (unpaired) electrons. The van der Waals surface area contributed by atoms with Crippen molar-refractivity contribution in [1.82, 2.24) is 0 Å². The Labute approximate surface area is 102 Å². The van der Waals surface area contributed by atoms with E-state index in [-0.39, 0.29) is 0 Å². The van der Waals surface area contributed by atoms with Crippen LogP contribution in [0.25, 0.3) is 0 Å². The molecule has 0 nitrogen and oxygen atoms in total. The van der Waals surface area contributed by atoms with Crippen LogP contribution in [0.15, 0.2) is 35.2 Å². The highest BCUT2D eigenvalue weighted by Crippen LogP contribution is 2.37. The SMILES string of the molecule is c1ccc([S+]2CCC3CCCC2CC3)cc1. The Morgan fingerprint density at radius 2 is 1.75 bits per heavy atom. The van der Waals surface area contributed by atoms with E-state index >= 15 is 0 Å². The smallest absolute Gasteiger partial charge is 0.0619 e. The minimum Gasteiger partial charge on any atom is -0.0619 e. The maximum absolute atomic E-state index is 2.36. The molecule has 0 amide bonds. The Balaban J connectivity index is 1.84. The van der Waals surface area contributed by atoms with E-state index in [1.54, 1.807) is 4.90 Å². The number of hydrogen-bond acceptors (Lipinski definition) is 0. The monoisotopic (exact) mass is 233 g/mol. The van der Waals surface area contributed by atoms with Crippen molar-refractivity contribution in [1.29, 1.82) is 0 Å². The maximum atomic E-state index is 2.36. The van der Waals surface area contributed by atoms with Crippen LogP contribution in [0.2, 0.25) is 0 Å². The summed E-state index contributed by atoms with van der Waals surface area (Å²) in [5, 5.41) is 1.01. The first-order valence-electron chi connectivity index (χ1n) is 6.68. The van der Waals surface area contributed by atoms with Crippen molar-refractivity contribution in [2.75, 3.05) is 5.75 Å². The van der Waals surface area contributed by atoms with Crippen LogP contribution in [-0.4, -0.2) is 11.0 Å². The minimum absolute atomic E-state index is 0.567. The fraction of sp³-hybridized carbons (Fsp3) is 0.600. The van der Waals surface area contributed by atoms with Crippen molar-refractivity contribution < 1.29 is 0 Å².